The molecule has 0 saturated heterocycles. The van der Waals surface area contributed by atoms with E-state index in [1.54, 1.807) is 7.11 Å². The Bertz CT molecular complexity index is 1200. The van der Waals surface area contributed by atoms with Crippen LogP contribution in [0.1, 0.15) is 34.5 Å². The van der Waals surface area contributed by atoms with Crippen molar-refractivity contribution in [2.45, 2.75) is 19.9 Å². The Kier molecular flexibility index (Phi) is 5.48. The molecule has 150 valence electrons. The van der Waals surface area contributed by atoms with Crippen LogP contribution in [0.25, 0.3) is 22.2 Å². The van der Waals surface area contributed by atoms with Gasteiger partial charge in [0.25, 0.3) is 5.91 Å². The number of aryl methyl sites for hydroxylation is 1. The van der Waals surface area contributed by atoms with Gasteiger partial charge in [0, 0.05) is 10.9 Å². The SMILES string of the molecule is COc1ccc([C@@H](C)NC(=O)c2cc(-c3cccc(C)c3)nc3ccccc23)cc1. The number of fused-ring (bicyclic) bond motifs is 1. The van der Waals surface area contributed by atoms with Gasteiger partial charge in [0.2, 0.25) is 0 Å². The summed E-state index contributed by atoms with van der Waals surface area (Å²) in [5.74, 6) is 0.672. The maximum atomic E-state index is 13.3. The number of benzene rings is 3. The minimum atomic E-state index is -0.141. The molecular formula is C26H24N2O2. The number of hydrogen-bond acceptors (Lipinski definition) is 3. The lowest BCUT2D eigenvalue weighted by atomic mass is 10.0. The molecule has 4 heteroatoms. The summed E-state index contributed by atoms with van der Waals surface area (Å²) in [6.45, 7) is 4.03. The van der Waals surface area contributed by atoms with Crippen molar-refractivity contribution in [2.75, 3.05) is 7.11 Å². The normalized spacial score (nSPS) is 11.8. The summed E-state index contributed by atoms with van der Waals surface area (Å²) in [6, 6.07) is 25.4. The third-order valence-electron chi connectivity index (χ3n) is 5.24. The van der Waals surface area contributed by atoms with Crippen molar-refractivity contribution in [1.82, 2.24) is 10.3 Å². The average Bonchev–Trinajstić information content (AvgIpc) is 2.78. The number of amides is 1. The van der Waals surface area contributed by atoms with Crippen LogP contribution in [0.4, 0.5) is 0 Å². The van der Waals surface area contributed by atoms with Crippen LogP contribution in [0.2, 0.25) is 0 Å². The van der Waals surface area contributed by atoms with Crippen LogP contribution >= 0.6 is 0 Å². The molecule has 0 unspecified atom stereocenters. The predicted octanol–water partition coefficient (Wildman–Crippen LogP) is 5.71. The lowest BCUT2D eigenvalue weighted by molar-refractivity contribution is 0.0941. The molecule has 0 radical (unpaired) electrons. The first-order chi connectivity index (χ1) is 14.5. The van der Waals surface area contributed by atoms with E-state index in [2.05, 4.69) is 24.4 Å². The summed E-state index contributed by atoms with van der Waals surface area (Å²) < 4.78 is 5.22. The second-order valence-electron chi connectivity index (χ2n) is 7.41. The molecule has 0 bridgehead atoms. The molecule has 4 aromatic rings. The fourth-order valence-corrected chi connectivity index (χ4v) is 3.57. The van der Waals surface area contributed by atoms with Gasteiger partial charge in [-0.05, 0) is 49.7 Å². The first-order valence-corrected chi connectivity index (χ1v) is 9.97. The number of rotatable bonds is 5. The molecule has 0 aliphatic heterocycles. The van der Waals surface area contributed by atoms with Gasteiger partial charge < -0.3 is 10.1 Å². The molecule has 4 rings (SSSR count). The van der Waals surface area contributed by atoms with Crippen LogP contribution in [0, 0.1) is 6.92 Å². The highest BCUT2D eigenvalue weighted by Gasteiger charge is 2.17. The minimum absolute atomic E-state index is 0.120. The van der Waals surface area contributed by atoms with E-state index in [-0.39, 0.29) is 11.9 Å². The quantitative estimate of drug-likeness (QED) is 0.470. The second-order valence-corrected chi connectivity index (χ2v) is 7.41. The Morgan fingerprint density at radius 1 is 0.967 bits per heavy atom. The molecule has 0 spiro atoms. The molecule has 1 heterocycles. The van der Waals surface area contributed by atoms with E-state index in [1.807, 2.05) is 73.7 Å². The van der Waals surface area contributed by atoms with Crippen molar-refractivity contribution < 1.29 is 9.53 Å². The molecular weight excluding hydrogens is 372 g/mol. The highest BCUT2D eigenvalue weighted by Crippen LogP contribution is 2.26. The Morgan fingerprint density at radius 2 is 1.73 bits per heavy atom. The molecule has 0 aliphatic carbocycles. The number of nitrogens with zero attached hydrogens (tertiary/aromatic N) is 1. The van der Waals surface area contributed by atoms with Gasteiger partial charge in [0.1, 0.15) is 5.75 Å². The van der Waals surface area contributed by atoms with Crippen LogP contribution in [0.3, 0.4) is 0 Å². The standard InChI is InChI=1S/C26H24N2O2/c1-17-7-6-8-20(15-17)25-16-23(22-9-4-5-10-24(22)28-25)26(29)27-18(2)19-11-13-21(30-3)14-12-19/h4-16,18H,1-3H3,(H,27,29)/t18-/m1/s1. The highest BCUT2D eigenvalue weighted by molar-refractivity contribution is 6.07. The summed E-state index contributed by atoms with van der Waals surface area (Å²) in [5.41, 5.74) is 5.39. The second kappa shape index (κ2) is 8.37. The van der Waals surface area contributed by atoms with Gasteiger partial charge in [-0.25, -0.2) is 4.98 Å². The fraction of sp³-hybridized carbons (Fsp3) is 0.154. The molecule has 1 atom stereocenters. The van der Waals surface area contributed by atoms with Crippen molar-refractivity contribution in [3.8, 4) is 17.0 Å². The molecule has 3 aromatic carbocycles. The van der Waals surface area contributed by atoms with Gasteiger partial charge in [-0.3, -0.25) is 4.79 Å². The van der Waals surface area contributed by atoms with E-state index in [9.17, 15) is 4.79 Å². The van der Waals surface area contributed by atoms with E-state index < -0.39 is 0 Å². The number of methoxy groups -OCH3 is 1. The predicted molar refractivity (Wildman–Crippen MR) is 121 cm³/mol. The van der Waals surface area contributed by atoms with Gasteiger partial charge in [0.15, 0.2) is 0 Å². The number of para-hydroxylation sites is 1. The van der Waals surface area contributed by atoms with Crippen molar-refractivity contribution in [1.29, 1.82) is 0 Å². The first-order valence-electron chi connectivity index (χ1n) is 9.97. The Balaban J connectivity index is 1.70. The number of aromatic nitrogens is 1. The summed E-state index contributed by atoms with van der Waals surface area (Å²) in [5, 5.41) is 3.97. The van der Waals surface area contributed by atoms with E-state index >= 15 is 0 Å². The zero-order valence-corrected chi connectivity index (χ0v) is 17.3. The number of pyridine rings is 1. The van der Waals surface area contributed by atoms with Gasteiger partial charge in [-0.15, -0.1) is 0 Å². The zero-order chi connectivity index (χ0) is 21.1. The lowest BCUT2D eigenvalue weighted by Gasteiger charge is -2.16. The van der Waals surface area contributed by atoms with Crippen LogP contribution < -0.4 is 10.1 Å². The molecule has 1 N–H and O–H groups in total. The van der Waals surface area contributed by atoms with E-state index in [0.717, 1.165) is 39.0 Å². The number of hydrogen-bond donors (Lipinski definition) is 1. The third kappa shape index (κ3) is 4.03. The van der Waals surface area contributed by atoms with Crippen molar-refractivity contribution in [3.05, 3.63) is 95.6 Å². The maximum Gasteiger partial charge on any atom is 0.252 e. The van der Waals surface area contributed by atoms with Crippen molar-refractivity contribution >= 4 is 16.8 Å². The Hall–Kier alpha value is -3.66. The first kappa shape index (κ1) is 19.6. The largest absolute Gasteiger partial charge is 0.497 e. The molecule has 0 fully saturated rings. The molecule has 4 nitrogen and oxygen atoms in total. The van der Waals surface area contributed by atoms with Gasteiger partial charge in [-0.1, -0.05) is 54.1 Å². The number of carbonyl (C=O) groups excluding carboxylic acids is 1. The zero-order valence-electron chi connectivity index (χ0n) is 17.3. The van der Waals surface area contributed by atoms with E-state index in [4.69, 9.17) is 9.72 Å². The molecule has 1 amide bonds. The molecule has 1 aromatic heterocycles. The van der Waals surface area contributed by atoms with Gasteiger partial charge >= 0.3 is 0 Å². The molecule has 30 heavy (non-hydrogen) atoms. The molecule has 0 saturated carbocycles. The Labute approximate surface area is 176 Å². The average molecular weight is 396 g/mol. The van der Waals surface area contributed by atoms with E-state index in [1.165, 1.54) is 0 Å². The van der Waals surface area contributed by atoms with Crippen LogP contribution in [0.15, 0.2) is 78.9 Å². The summed E-state index contributed by atoms with van der Waals surface area (Å²) >= 11 is 0. The summed E-state index contributed by atoms with van der Waals surface area (Å²) in [6.07, 6.45) is 0. The summed E-state index contributed by atoms with van der Waals surface area (Å²) in [7, 11) is 1.64. The Morgan fingerprint density at radius 3 is 2.47 bits per heavy atom. The molecule has 0 aliphatic rings. The fourth-order valence-electron chi connectivity index (χ4n) is 3.57. The number of carbonyl (C=O) groups is 1. The van der Waals surface area contributed by atoms with Crippen molar-refractivity contribution in [2.24, 2.45) is 0 Å². The topological polar surface area (TPSA) is 51.2 Å². The van der Waals surface area contributed by atoms with Crippen molar-refractivity contribution in [3.63, 3.8) is 0 Å². The van der Waals surface area contributed by atoms with Crippen LogP contribution in [-0.4, -0.2) is 18.0 Å². The van der Waals surface area contributed by atoms with Gasteiger partial charge in [0.05, 0.1) is 29.9 Å². The monoisotopic (exact) mass is 396 g/mol. The maximum absolute atomic E-state index is 13.3. The van der Waals surface area contributed by atoms with E-state index in [0.29, 0.717) is 5.56 Å². The number of nitrogens with one attached hydrogen (secondary N) is 1. The lowest BCUT2D eigenvalue weighted by Crippen LogP contribution is -2.27. The minimum Gasteiger partial charge on any atom is -0.497 e. The van der Waals surface area contributed by atoms with Gasteiger partial charge in [-0.2, -0.15) is 0 Å². The third-order valence-corrected chi connectivity index (χ3v) is 5.24. The van der Waals surface area contributed by atoms with Crippen LogP contribution in [-0.2, 0) is 0 Å². The van der Waals surface area contributed by atoms with Crippen LogP contribution in [0.5, 0.6) is 5.75 Å². The highest BCUT2D eigenvalue weighted by atomic mass is 16.5. The summed E-state index contributed by atoms with van der Waals surface area (Å²) in [4.78, 5) is 18.0. The number of ether oxygens (including phenoxy) is 1. The smallest absolute Gasteiger partial charge is 0.252 e.